The smallest absolute Gasteiger partial charge is 0.295 e. The van der Waals surface area contributed by atoms with Crippen LogP contribution >= 0.6 is 0 Å². The van der Waals surface area contributed by atoms with Crippen LogP contribution in [0.4, 0.5) is 11.7 Å². The molecule has 2 aromatic rings. The molecule has 0 saturated carbocycles. The second-order valence-electron chi connectivity index (χ2n) is 3.51. The molecular formula is C10H12N4O3. The van der Waals surface area contributed by atoms with Crippen LogP contribution in [-0.4, -0.2) is 28.6 Å². The number of carbonyl (C=O) groups excluding carboxylic acids is 1. The SMILES string of the molecule is NC(=O)C(O)CNc1nc2c(N)cccc2o1. The Labute approximate surface area is 96.4 Å². The molecule has 0 aliphatic rings. The van der Waals surface area contributed by atoms with E-state index in [0.717, 1.165) is 0 Å². The normalized spacial score (nSPS) is 12.5. The molecule has 1 heterocycles. The Hall–Kier alpha value is -2.28. The topological polar surface area (TPSA) is 127 Å². The van der Waals surface area contributed by atoms with Crippen molar-refractivity contribution in [1.82, 2.24) is 4.98 Å². The van der Waals surface area contributed by atoms with Crippen LogP contribution in [0.25, 0.3) is 11.1 Å². The van der Waals surface area contributed by atoms with Gasteiger partial charge in [-0.15, -0.1) is 0 Å². The highest BCUT2D eigenvalue weighted by atomic mass is 16.4. The van der Waals surface area contributed by atoms with Crippen molar-refractivity contribution in [3.05, 3.63) is 18.2 Å². The third kappa shape index (κ3) is 2.28. The summed E-state index contributed by atoms with van der Waals surface area (Å²) in [6, 6.07) is 5.34. The van der Waals surface area contributed by atoms with E-state index in [9.17, 15) is 9.90 Å². The molecule has 90 valence electrons. The van der Waals surface area contributed by atoms with Gasteiger partial charge in [-0.2, -0.15) is 4.98 Å². The predicted octanol–water partition coefficient (Wildman–Crippen LogP) is -0.332. The molecule has 0 bridgehead atoms. The number of primary amides is 1. The number of nitrogens with two attached hydrogens (primary N) is 2. The van der Waals surface area contributed by atoms with Crippen LogP contribution in [0, 0.1) is 0 Å². The van der Waals surface area contributed by atoms with Crippen LogP contribution < -0.4 is 16.8 Å². The van der Waals surface area contributed by atoms with Gasteiger partial charge in [0.25, 0.3) is 6.01 Å². The highest BCUT2D eigenvalue weighted by molar-refractivity contribution is 5.86. The van der Waals surface area contributed by atoms with E-state index in [-0.39, 0.29) is 12.6 Å². The van der Waals surface area contributed by atoms with E-state index in [1.54, 1.807) is 18.2 Å². The summed E-state index contributed by atoms with van der Waals surface area (Å²) in [5.74, 6) is -0.812. The van der Waals surface area contributed by atoms with E-state index in [0.29, 0.717) is 16.8 Å². The van der Waals surface area contributed by atoms with E-state index in [2.05, 4.69) is 10.3 Å². The molecule has 1 aromatic carbocycles. The van der Waals surface area contributed by atoms with E-state index in [1.807, 2.05) is 0 Å². The van der Waals surface area contributed by atoms with Crippen LogP contribution in [0.3, 0.4) is 0 Å². The molecule has 0 aliphatic carbocycles. The number of rotatable bonds is 4. The summed E-state index contributed by atoms with van der Waals surface area (Å²) in [5.41, 5.74) is 12.2. The molecule has 0 saturated heterocycles. The average Bonchev–Trinajstić information content (AvgIpc) is 2.70. The number of aliphatic hydroxyl groups excluding tert-OH is 1. The van der Waals surface area contributed by atoms with Crippen LogP contribution in [0.5, 0.6) is 0 Å². The third-order valence-electron chi connectivity index (χ3n) is 2.23. The van der Waals surface area contributed by atoms with Crippen LogP contribution in [0.2, 0.25) is 0 Å². The van der Waals surface area contributed by atoms with Crippen LogP contribution in [0.15, 0.2) is 22.6 Å². The number of fused-ring (bicyclic) bond motifs is 1. The molecule has 1 unspecified atom stereocenters. The molecule has 0 aliphatic heterocycles. The van der Waals surface area contributed by atoms with E-state index < -0.39 is 12.0 Å². The Morgan fingerprint density at radius 1 is 1.59 bits per heavy atom. The average molecular weight is 236 g/mol. The first-order valence-electron chi connectivity index (χ1n) is 4.94. The van der Waals surface area contributed by atoms with E-state index in [4.69, 9.17) is 15.9 Å². The summed E-state index contributed by atoms with van der Waals surface area (Å²) < 4.78 is 5.31. The quantitative estimate of drug-likeness (QED) is 0.538. The molecule has 7 heteroatoms. The number of carbonyl (C=O) groups is 1. The number of nitrogens with one attached hydrogen (secondary N) is 1. The Bertz CT molecular complexity index is 551. The lowest BCUT2D eigenvalue weighted by Gasteiger charge is -2.05. The summed E-state index contributed by atoms with van der Waals surface area (Å²) in [5, 5.41) is 11.8. The molecule has 1 amide bonds. The number of nitrogens with zero attached hydrogens (tertiary/aromatic N) is 1. The number of aliphatic hydroxyl groups is 1. The maximum absolute atomic E-state index is 10.6. The zero-order valence-corrected chi connectivity index (χ0v) is 8.88. The van der Waals surface area contributed by atoms with Gasteiger partial charge in [0.05, 0.1) is 12.2 Å². The summed E-state index contributed by atoms with van der Waals surface area (Å²) in [4.78, 5) is 14.7. The summed E-state index contributed by atoms with van der Waals surface area (Å²) in [6.45, 7) is -0.0674. The fraction of sp³-hybridized carbons (Fsp3) is 0.200. The zero-order chi connectivity index (χ0) is 12.4. The molecule has 6 N–H and O–H groups in total. The first-order valence-corrected chi connectivity index (χ1v) is 4.94. The molecule has 1 aromatic heterocycles. The predicted molar refractivity (Wildman–Crippen MR) is 62.1 cm³/mol. The van der Waals surface area contributed by atoms with Gasteiger partial charge in [0, 0.05) is 0 Å². The number of oxazole rings is 1. The zero-order valence-electron chi connectivity index (χ0n) is 8.88. The fourth-order valence-corrected chi connectivity index (χ4v) is 1.33. The van der Waals surface area contributed by atoms with Crippen molar-refractivity contribution in [3.8, 4) is 0 Å². The minimum absolute atomic E-state index is 0.0674. The molecule has 17 heavy (non-hydrogen) atoms. The van der Waals surface area contributed by atoms with Gasteiger partial charge < -0.3 is 26.3 Å². The highest BCUT2D eigenvalue weighted by Crippen LogP contribution is 2.23. The lowest BCUT2D eigenvalue weighted by atomic mass is 10.3. The van der Waals surface area contributed by atoms with Crippen molar-refractivity contribution in [2.45, 2.75) is 6.10 Å². The van der Waals surface area contributed by atoms with Crippen molar-refractivity contribution in [2.24, 2.45) is 5.73 Å². The van der Waals surface area contributed by atoms with Crippen molar-refractivity contribution in [1.29, 1.82) is 0 Å². The number of benzene rings is 1. The Balaban J connectivity index is 2.15. The minimum Gasteiger partial charge on any atom is -0.423 e. The highest BCUT2D eigenvalue weighted by Gasteiger charge is 2.13. The molecular weight excluding hydrogens is 224 g/mol. The molecule has 0 spiro atoms. The van der Waals surface area contributed by atoms with Gasteiger partial charge in [0.2, 0.25) is 5.91 Å². The summed E-state index contributed by atoms with van der Waals surface area (Å²) >= 11 is 0. The van der Waals surface area contributed by atoms with Crippen molar-refractivity contribution < 1.29 is 14.3 Å². The van der Waals surface area contributed by atoms with Gasteiger partial charge in [-0.25, -0.2) is 0 Å². The van der Waals surface area contributed by atoms with Crippen molar-refractivity contribution in [2.75, 3.05) is 17.6 Å². The van der Waals surface area contributed by atoms with Crippen molar-refractivity contribution >= 4 is 28.7 Å². The Kier molecular flexibility index (Phi) is 2.84. The molecule has 2 rings (SSSR count). The number of para-hydroxylation sites is 1. The van der Waals surface area contributed by atoms with Gasteiger partial charge in [-0.3, -0.25) is 4.79 Å². The van der Waals surface area contributed by atoms with Gasteiger partial charge in [-0.1, -0.05) is 6.07 Å². The molecule has 0 fully saturated rings. The van der Waals surface area contributed by atoms with E-state index >= 15 is 0 Å². The number of hydrogen-bond donors (Lipinski definition) is 4. The minimum atomic E-state index is -1.29. The summed E-state index contributed by atoms with van der Waals surface area (Å²) in [6.07, 6.45) is -1.29. The lowest BCUT2D eigenvalue weighted by Crippen LogP contribution is -2.34. The fourth-order valence-electron chi connectivity index (χ4n) is 1.33. The lowest BCUT2D eigenvalue weighted by molar-refractivity contribution is -0.125. The molecule has 1 atom stereocenters. The van der Waals surface area contributed by atoms with Gasteiger partial charge >= 0.3 is 0 Å². The van der Waals surface area contributed by atoms with Crippen LogP contribution in [-0.2, 0) is 4.79 Å². The monoisotopic (exact) mass is 236 g/mol. The first-order chi connectivity index (χ1) is 8.08. The summed E-state index contributed by atoms with van der Waals surface area (Å²) in [7, 11) is 0. The number of amides is 1. The number of anilines is 2. The number of hydrogen-bond acceptors (Lipinski definition) is 6. The standard InChI is InChI=1S/C10H12N4O3/c11-5-2-1-3-7-8(5)14-10(17-7)13-4-6(15)9(12)16/h1-3,6,15H,4,11H2,(H2,12,16)(H,13,14). The van der Waals surface area contributed by atoms with Gasteiger partial charge in [0.15, 0.2) is 5.58 Å². The Morgan fingerprint density at radius 2 is 2.35 bits per heavy atom. The molecule has 7 nitrogen and oxygen atoms in total. The second-order valence-corrected chi connectivity index (χ2v) is 3.51. The van der Waals surface area contributed by atoms with E-state index in [1.165, 1.54) is 0 Å². The number of aromatic nitrogens is 1. The number of nitrogen functional groups attached to an aromatic ring is 1. The largest absolute Gasteiger partial charge is 0.423 e. The molecule has 0 radical (unpaired) electrons. The maximum Gasteiger partial charge on any atom is 0.295 e. The third-order valence-corrected chi connectivity index (χ3v) is 2.23. The van der Waals surface area contributed by atoms with Gasteiger partial charge in [0.1, 0.15) is 11.6 Å². The van der Waals surface area contributed by atoms with Crippen molar-refractivity contribution in [3.63, 3.8) is 0 Å². The first kappa shape index (κ1) is 11.2. The maximum atomic E-state index is 10.6. The Morgan fingerprint density at radius 3 is 3.00 bits per heavy atom. The second kappa shape index (κ2) is 4.30. The van der Waals surface area contributed by atoms with Crippen LogP contribution in [0.1, 0.15) is 0 Å². The van der Waals surface area contributed by atoms with Gasteiger partial charge in [-0.05, 0) is 12.1 Å².